The van der Waals surface area contributed by atoms with Crippen LogP contribution >= 0.6 is 11.3 Å². The number of aromatic nitrogens is 1. The fourth-order valence-corrected chi connectivity index (χ4v) is 1.75. The molecule has 0 radical (unpaired) electrons. The van der Waals surface area contributed by atoms with Crippen LogP contribution in [0.2, 0.25) is 0 Å². The van der Waals surface area contributed by atoms with Crippen LogP contribution in [0.15, 0.2) is 6.20 Å². The minimum absolute atomic E-state index is 0.444. The average Bonchev–Trinajstić information content (AvgIpc) is 2.62. The maximum atomic E-state index is 11.5. The molecular formula is C10H15N3O3S. The zero-order valence-electron chi connectivity index (χ0n) is 9.85. The van der Waals surface area contributed by atoms with Gasteiger partial charge < -0.3 is 10.4 Å². The van der Waals surface area contributed by atoms with E-state index >= 15 is 0 Å². The van der Waals surface area contributed by atoms with Gasteiger partial charge in [0.1, 0.15) is 0 Å². The number of amides is 2. The number of urea groups is 1. The van der Waals surface area contributed by atoms with Gasteiger partial charge in [-0.3, -0.25) is 10.1 Å². The summed E-state index contributed by atoms with van der Waals surface area (Å²) in [5, 5.41) is 14.4. The van der Waals surface area contributed by atoms with Crippen molar-refractivity contribution in [2.24, 2.45) is 5.92 Å². The van der Waals surface area contributed by atoms with Crippen LogP contribution in [0.5, 0.6) is 0 Å². The quantitative estimate of drug-likeness (QED) is 0.765. The average molecular weight is 257 g/mol. The number of anilines is 1. The molecule has 0 fully saturated rings. The van der Waals surface area contributed by atoms with Gasteiger partial charge in [-0.05, 0) is 20.8 Å². The Labute approximate surface area is 103 Å². The first-order valence-corrected chi connectivity index (χ1v) is 5.94. The third kappa shape index (κ3) is 4.03. The molecule has 1 aromatic rings. The smallest absolute Gasteiger partial charge is 0.321 e. The van der Waals surface area contributed by atoms with Gasteiger partial charge in [-0.15, -0.1) is 11.3 Å². The van der Waals surface area contributed by atoms with Crippen molar-refractivity contribution in [1.82, 2.24) is 10.3 Å². The molecule has 0 bridgehead atoms. The number of nitrogens with one attached hydrogen (secondary N) is 2. The number of carbonyl (C=O) groups excluding carboxylic acids is 1. The minimum Gasteiger partial charge on any atom is -0.481 e. The second-order valence-electron chi connectivity index (χ2n) is 3.79. The summed E-state index contributed by atoms with van der Waals surface area (Å²) in [6, 6.07) is -0.895. The Kier molecular flexibility index (Phi) is 4.45. The summed E-state index contributed by atoms with van der Waals surface area (Å²) >= 11 is 1.36. The van der Waals surface area contributed by atoms with E-state index in [2.05, 4.69) is 15.6 Å². The number of rotatable bonds is 4. The van der Waals surface area contributed by atoms with Crippen molar-refractivity contribution < 1.29 is 14.7 Å². The topological polar surface area (TPSA) is 91.3 Å². The van der Waals surface area contributed by atoms with E-state index in [1.807, 2.05) is 6.92 Å². The van der Waals surface area contributed by atoms with E-state index < -0.39 is 24.0 Å². The van der Waals surface area contributed by atoms with E-state index in [0.717, 1.165) is 4.88 Å². The molecule has 3 N–H and O–H groups in total. The molecule has 0 aliphatic heterocycles. The van der Waals surface area contributed by atoms with E-state index in [-0.39, 0.29) is 0 Å². The predicted octanol–water partition coefficient (Wildman–Crippen LogP) is 1.68. The maximum absolute atomic E-state index is 11.5. The molecule has 0 saturated carbocycles. The normalized spacial score (nSPS) is 13.8. The van der Waals surface area contributed by atoms with Gasteiger partial charge in [0.2, 0.25) is 0 Å². The van der Waals surface area contributed by atoms with Gasteiger partial charge in [0.15, 0.2) is 5.13 Å². The van der Waals surface area contributed by atoms with Gasteiger partial charge in [-0.25, -0.2) is 9.78 Å². The highest BCUT2D eigenvalue weighted by molar-refractivity contribution is 7.15. The summed E-state index contributed by atoms with van der Waals surface area (Å²) < 4.78 is 0. The van der Waals surface area contributed by atoms with Crippen molar-refractivity contribution in [3.8, 4) is 0 Å². The lowest BCUT2D eigenvalue weighted by atomic mass is 10.0. The number of aryl methyl sites for hydroxylation is 1. The van der Waals surface area contributed by atoms with Crippen LogP contribution in [0.4, 0.5) is 9.93 Å². The molecule has 7 heteroatoms. The first-order valence-electron chi connectivity index (χ1n) is 5.13. The van der Waals surface area contributed by atoms with Gasteiger partial charge in [0.25, 0.3) is 0 Å². The molecule has 0 aliphatic rings. The summed E-state index contributed by atoms with van der Waals surface area (Å²) in [6.07, 6.45) is 1.66. The summed E-state index contributed by atoms with van der Waals surface area (Å²) in [7, 11) is 0. The summed E-state index contributed by atoms with van der Waals surface area (Å²) in [5.41, 5.74) is 0. The highest BCUT2D eigenvalue weighted by atomic mass is 32.1. The van der Waals surface area contributed by atoms with Crippen molar-refractivity contribution in [3.63, 3.8) is 0 Å². The summed E-state index contributed by atoms with van der Waals surface area (Å²) in [4.78, 5) is 27.2. The lowest BCUT2D eigenvalue weighted by Crippen LogP contribution is -2.42. The van der Waals surface area contributed by atoms with Gasteiger partial charge in [0, 0.05) is 17.1 Å². The Balaban J connectivity index is 2.47. The molecule has 1 rings (SSSR count). The van der Waals surface area contributed by atoms with E-state index in [1.165, 1.54) is 11.3 Å². The molecule has 17 heavy (non-hydrogen) atoms. The molecule has 6 nitrogen and oxygen atoms in total. The number of thiazole rings is 1. The molecule has 2 atom stereocenters. The van der Waals surface area contributed by atoms with Crippen molar-refractivity contribution in [2.45, 2.75) is 26.8 Å². The third-order valence-electron chi connectivity index (χ3n) is 2.34. The highest BCUT2D eigenvalue weighted by Gasteiger charge is 2.21. The number of hydrogen-bond donors (Lipinski definition) is 3. The largest absolute Gasteiger partial charge is 0.481 e. The Morgan fingerprint density at radius 1 is 1.47 bits per heavy atom. The van der Waals surface area contributed by atoms with Gasteiger partial charge >= 0.3 is 12.0 Å². The van der Waals surface area contributed by atoms with Crippen molar-refractivity contribution in [1.29, 1.82) is 0 Å². The van der Waals surface area contributed by atoms with Gasteiger partial charge in [-0.2, -0.15) is 0 Å². The van der Waals surface area contributed by atoms with Crippen LogP contribution < -0.4 is 10.6 Å². The fourth-order valence-electron chi connectivity index (χ4n) is 1.09. The van der Waals surface area contributed by atoms with Crippen LogP contribution in [-0.4, -0.2) is 28.1 Å². The Morgan fingerprint density at radius 3 is 2.59 bits per heavy atom. The molecule has 0 aliphatic carbocycles. The van der Waals surface area contributed by atoms with Crippen LogP contribution in [0.3, 0.4) is 0 Å². The zero-order chi connectivity index (χ0) is 13.0. The number of hydrogen-bond acceptors (Lipinski definition) is 4. The van der Waals surface area contributed by atoms with Crippen molar-refractivity contribution in [2.75, 3.05) is 5.32 Å². The highest BCUT2D eigenvalue weighted by Crippen LogP contribution is 2.16. The van der Waals surface area contributed by atoms with Crippen LogP contribution in [0, 0.1) is 12.8 Å². The standard InChI is InChI=1S/C10H15N3O3S/c1-5-4-11-10(17-5)13-9(16)12-7(3)6(2)8(14)15/h4,6-7H,1-3H3,(H,14,15)(H2,11,12,13,16). The summed E-state index contributed by atoms with van der Waals surface area (Å²) in [6.45, 7) is 5.07. The maximum Gasteiger partial charge on any atom is 0.321 e. The van der Waals surface area contributed by atoms with Gasteiger partial charge in [0.05, 0.1) is 5.92 Å². The third-order valence-corrected chi connectivity index (χ3v) is 3.17. The number of carboxylic acid groups (broad SMARTS) is 1. The monoisotopic (exact) mass is 257 g/mol. The first kappa shape index (κ1) is 13.4. The van der Waals surface area contributed by atoms with Crippen molar-refractivity contribution >= 4 is 28.5 Å². The molecular weight excluding hydrogens is 242 g/mol. The fraction of sp³-hybridized carbons (Fsp3) is 0.500. The number of aliphatic carboxylic acids is 1. The zero-order valence-corrected chi connectivity index (χ0v) is 10.7. The molecule has 0 aromatic carbocycles. The lowest BCUT2D eigenvalue weighted by Gasteiger charge is -2.17. The first-order chi connectivity index (χ1) is 7.90. The SMILES string of the molecule is Cc1cnc(NC(=O)NC(C)C(C)C(=O)O)s1. The number of nitrogens with zero attached hydrogens (tertiary/aromatic N) is 1. The van der Waals surface area contributed by atoms with Gasteiger partial charge in [-0.1, -0.05) is 0 Å². The number of carboxylic acids is 1. The molecule has 2 unspecified atom stereocenters. The second kappa shape index (κ2) is 5.62. The molecule has 94 valence electrons. The summed E-state index contributed by atoms with van der Waals surface area (Å²) in [5.74, 6) is -1.58. The van der Waals surface area contributed by atoms with E-state index in [0.29, 0.717) is 5.13 Å². The lowest BCUT2D eigenvalue weighted by molar-refractivity contribution is -0.141. The van der Waals surface area contributed by atoms with Crippen molar-refractivity contribution in [3.05, 3.63) is 11.1 Å². The van der Waals surface area contributed by atoms with Crippen LogP contribution in [-0.2, 0) is 4.79 Å². The Hall–Kier alpha value is -1.63. The molecule has 0 spiro atoms. The Bertz CT molecular complexity index is 419. The van der Waals surface area contributed by atoms with Crippen LogP contribution in [0.25, 0.3) is 0 Å². The molecule has 1 aromatic heterocycles. The molecule has 1 heterocycles. The minimum atomic E-state index is -0.942. The van der Waals surface area contributed by atoms with E-state index in [4.69, 9.17) is 5.11 Å². The van der Waals surface area contributed by atoms with Crippen LogP contribution in [0.1, 0.15) is 18.7 Å². The molecule has 2 amide bonds. The van der Waals surface area contributed by atoms with E-state index in [9.17, 15) is 9.59 Å². The molecule has 0 saturated heterocycles. The predicted molar refractivity (Wildman–Crippen MR) is 65.3 cm³/mol. The second-order valence-corrected chi connectivity index (χ2v) is 5.02. The Morgan fingerprint density at radius 2 is 2.12 bits per heavy atom. The van der Waals surface area contributed by atoms with E-state index in [1.54, 1.807) is 20.0 Å². The number of carbonyl (C=O) groups is 2.